The zero-order chi connectivity index (χ0) is 15.8. The lowest BCUT2D eigenvalue weighted by Gasteiger charge is -2.32. The van der Waals surface area contributed by atoms with Crippen molar-refractivity contribution in [3.05, 3.63) is 71.8 Å². The molecule has 2 aromatic carbocycles. The van der Waals surface area contributed by atoms with Gasteiger partial charge in [0.05, 0.1) is 6.61 Å². The Kier molecular flexibility index (Phi) is 5.73. The molecule has 0 aliphatic carbocycles. The minimum absolute atomic E-state index is 0.223. The molecule has 0 saturated carbocycles. The average Bonchev–Trinajstić information content (AvgIpc) is 2.58. The lowest BCUT2D eigenvalue weighted by atomic mass is 9.87. The molecule has 3 nitrogen and oxygen atoms in total. The molecule has 0 saturated heterocycles. The Morgan fingerprint density at radius 1 is 1.00 bits per heavy atom. The van der Waals surface area contributed by atoms with E-state index in [4.69, 9.17) is 4.74 Å². The Morgan fingerprint density at radius 2 is 1.59 bits per heavy atom. The first-order valence-electron chi connectivity index (χ1n) is 7.74. The van der Waals surface area contributed by atoms with Crippen molar-refractivity contribution in [1.29, 1.82) is 0 Å². The van der Waals surface area contributed by atoms with Crippen molar-refractivity contribution in [2.24, 2.45) is 0 Å². The van der Waals surface area contributed by atoms with Crippen LogP contribution in [-0.4, -0.2) is 12.6 Å². The Morgan fingerprint density at radius 3 is 2.14 bits per heavy atom. The van der Waals surface area contributed by atoms with Gasteiger partial charge in [0.2, 0.25) is 0 Å². The normalized spacial score (nSPS) is 13.4. The molecule has 1 N–H and O–H groups in total. The predicted molar refractivity (Wildman–Crippen MR) is 88.3 cm³/mol. The first-order chi connectivity index (χ1) is 10.7. The Labute approximate surface area is 132 Å². The first-order valence-corrected chi connectivity index (χ1v) is 7.74. The van der Waals surface area contributed by atoms with Crippen molar-refractivity contribution in [1.82, 2.24) is 5.32 Å². The smallest absolute Gasteiger partial charge is 0.330 e. The van der Waals surface area contributed by atoms with Gasteiger partial charge in [-0.15, -0.1) is 0 Å². The zero-order valence-electron chi connectivity index (χ0n) is 13.2. The first kappa shape index (κ1) is 16.2. The van der Waals surface area contributed by atoms with E-state index in [9.17, 15) is 4.79 Å². The van der Waals surface area contributed by atoms with Crippen molar-refractivity contribution in [3.8, 4) is 0 Å². The summed E-state index contributed by atoms with van der Waals surface area (Å²) in [6, 6.07) is 19.9. The fraction of sp³-hybridized carbons (Fsp3) is 0.316. The molecule has 0 aromatic heterocycles. The molecule has 2 rings (SSSR count). The quantitative estimate of drug-likeness (QED) is 0.793. The lowest BCUT2D eigenvalue weighted by Crippen LogP contribution is -2.49. The predicted octanol–water partition coefficient (Wildman–Crippen LogP) is 3.64. The van der Waals surface area contributed by atoms with Crippen molar-refractivity contribution in [3.63, 3.8) is 0 Å². The molecular formula is C19H23NO2. The fourth-order valence-corrected chi connectivity index (χ4v) is 2.59. The van der Waals surface area contributed by atoms with Gasteiger partial charge in [-0.25, -0.2) is 4.79 Å². The number of hydrogen-bond donors (Lipinski definition) is 1. The van der Waals surface area contributed by atoms with Gasteiger partial charge in [0.25, 0.3) is 0 Å². The summed E-state index contributed by atoms with van der Waals surface area (Å²) < 4.78 is 5.34. The van der Waals surface area contributed by atoms with E-state index in [-0.39, 0.29) is 5.97 Å². The van der Waals surface area contributed by atoms with Crippen LogP contribution in [0.2, 0.25) is 0 Å². The van der Waals surface area contributed by atoms with Crippen molar-refractivity contribution >= 4 is 5.97 Å². The second kappa shape index (κ2) is 7.76. The molecule has 1 atom stereocenters. The molecule has 116 valence electrons. The fourth-order valence-electron chi connectivity index (χ4n) is 2.59. The monoisotopic (exact) mass is 297 g/mol. The molecular weight excluding hydrogens is 274 g/mol. The van der Waals surface area contributed by atoms with E-state index < -0.39 is 5.54 Å². The van der Waals surface area contributed by atoms with Crippen molar-refractivity contribution in [2.75, 3.05) is 6.61 Å². The van der Waals surface area contributed by atoms with E-state index >= 15 is 0 Å². The molecule has 0 bridgehead atoms. The summed E-state index contributed by atoms with van der Waals surface area (Å²) in [6.45, 7) is 4.82. The molecule has 0 aliphatic rings. The highest BCUT2D eigenvalue weighted by molar-refractivity contribution is 5.82. The number of esters is 1. The number of rotatable bonds is 7. The summed E-state index contributed by atoms with van der Waals surface area (Å²) in [6.07, 6.45) is 0.628. The summed E-state index contributed by atoms with van der Waals surface area (Å²) in [7, 11) is 0. The van der Waals surface area contributed by atoms with E-state index in [1.54, 1.807) is 0 Å². The summed E-state index contributed by atoms with van der Waals surface area (Å²) in [5.41, 5.74) is 1.26. The SMILES string of the molecule is CCOC(=O)[C@](CC)(NCc1ccccc1)c1ccccc1. The third-order valence-corrected chi connectivity index (χ3v) is 3.86. The number of benzene rings is 2. The maximum Gasteiger partial charge on any atom is 0.330 e. The minimum Gasteiger partial charge on any atom is -0.464 e. The van der Waals surface area contributed by atoms with E-state index in [0.717, 1.165) is 11.1 Å². The van der Waals surface area contributed by atoms with Gasteiger partial charge < -0.3 is 4.74 Å². The molecule has 0 fully saturated rings. The zero-order valence-corrected chi connectivity index (χ0v) is 13.2. The van der Waals surface area contributed by atoms with Crippen LogP contribution in [0.15, 0.2) is 60.7 Å². The highest BCUT2D eigenvalue weighted by atomic mass is 16.5. The molecule has 0 radical (unpaired) electrons. The Hall–Kier alpha value is -2.13. The number of hydrogen-bond acceptors (Lipinski definition) is 3. The van der Waals surface area contributed by atoms with Gasteiger partial charge in [0.15, 0.2) is 0 Å². The summed E-state index contributed by atoms with van der Waals surface area (Å²) >= 11 is 0. The van der Waals surface area contributed by atoms with Gasteiger partial charge >= 0.3 is 5.97 Å². The average molecular weight is 297 g/mol. The molecule has 0 unspecified atom stereocenters. The van der Waals surface area contributed by atoms with Crippen molar-refractivity contribution in [2.45, 2.75) is 32.4 Å². The molecule has 0 aliphatic heterocycles. The topological polar surface area (TPSA) is 38.3 Å². The van der Waals surface area contributed by atoms with E-state index in [0.29, 0.717) is 19.6 Å². The van der Waals surface area contributed by atoms with Crippen LogP contribution in [0.3, 0.4) is 0 Å². The van der Waals surface area contributed by atoms with Gasteiger partial charge in [0.1, 0.15) is 5.54 Å². The molecule has 22 heavy (non-hydrogen) atoms. The van der Waals surface area contributed by atoms with Gasteiger partial charge in [-0.2, -0.15) is 0 Å². The van der Waals surface area contributed by atoms with Crippen LogP contribution in [0.1, 0.15) is 31.4 Å². The number of carbonyl (C=O) groups is 1. The van der Waals surface area contributed by atoms with Crippen LogP contribution < -0.4 is 5.32 Å². The standard InChI is InChI=1S/C19H23NO2/c1-3-19(18(21)22-4-2,17-13-9-6-10-14-17)20-15-16-11-7-5-8-12-16/h5-14,20H,3-4,15H2,1-2H3/t19-/m1/s1. The van der Waals surface area contributed by atoms with Gasteiger partial charge in [-0.05, 0) is 24.5 Å². The van der Waals surface area contributed by atoms with E-state index in [1.807, 2.05) is 74.5 Å². The maximum absolute atomic E-state index is 12.6. The number of carbonyl (C=O) groups excluding carboxylic acids is 1. The highest BCUT2D eigenvalue weighted by Crippen LogP contribution is 2.27. The lowest BCUT2D eigenvalue weighted by molar-refractivity contribution is -0.152. The Balaban J connectivity index is 2.30. The Bertz CT molecular complexity index is 583. The van der Waals surface area contributed by atoms with Crippen LogP contribution in [0.5, 0.6) is 0 Å². The summed E-state index contributed by atoms with van der Waals surface area (Å²) in [5.74, 6) is -0.223. The summed E-state index contributed by atoms with van der Waals surface area (Å²) in [4.78, 5) is 12.6. The molecule has 0 heterocycles. The summed E-state index contributed by atoms with van der Waals surface area (Å²) in [5, 5.41) is 3.43. The van der Waals surface area contributed by atoms with Crippen LogP contribution in [-0.2, 0) is 21.6 Å². The number of nitrogens with one attached hydrogen (secondary N) is 1. The van der Waals surface area contributed by atoms with Crippen molar-refractivity contribution < 1.29 is 9.53 Å². The third kappa shape index (κ3) is 3.55. The van der Waals surface area contributed by atoms with Gasteiger partial charge in [-0.1, -0.05) is 67.6 Å². The van der Waals surface area contributed by atoms with Crippen LogP contribution in [0.25, 0.3) is 0 Å². The van der Waals surface area contributed by atoms with Gasteiger partial charge in [0, 0.05) is 6.54 Å². The van der Waals surface area contributed by atoms with Crippen LogP contribution in [0, 0.1) is 0 Å². The maximum atomic E-state index is 12.6. The van der Waals surface area contributed by atoms with Crippen LogP contribution in [0.4, 0.5) is 0 Å². The van der Waals surface area contributed by atoms with E-state index in [2.05, 4.69) is 5.32 Å². The number of ether oxygens (including phenoxy) is 1. The van der Waals surface area contributed by atoms with Crippen LogP contribution >= 0.6 is 0 Å². The van der Waals surface area contributed by atoms with Gasteiger partial charge in [-0.3, -0.25) is 5.32 Å². The molecule has 0 spiro atoms. The molecule has 3 heteroatoms. The second-order valence-electron chi connectivity index (χ2n) is 5.18. The second-order valence-corrected chi connectivity index (χ2v) is 5.18. The minimum atomic E-state index is -0.812. The third-order valence-electron chi connectivity index (χ3n) is 3.86. The largest absolute Gasteiger partial charge is 0.464 e. The van der Waals surface area contributed by atoms with E-state index in [1.165, 1.54) is 0 Å². The molecule has 0 amide bonds. The highest BCUT2D eigenvalue weighted by Gasteiger charge is 2.39. The molecule has 2 aromatic rings.